The molecule has 4 atom stereocenters. The Labute approximate surface area is 380 Å². The maximum atomic E-state index is 13.5. The van der Waals surface area contributed by atoms with E-state index < -0.39 is 159 Å². The van der Waals surface area contributed by atoms with Crippen LogP contribution in [0.15, 0.2) is 54.6 Å². The van der Waals surface area contributed by atoms with Gasteiger partial charge in [-0.05, 0) is 55.5 Å². The second kappa shape index (κ2) is 16.6. The third-order valence-corrected chi connectivity index (χ3v) is 11.6. The molecular formula is C46H38O22. The zero-order chi connectivity index (χ0) is 49.4. The molecular weight excluding hydrogens is 904 g/mol. The lowest BCUT2D eigenvalue weighted by molar-refractivity contribution is -0.0194. The van der Waals surface area contributed by atoms with Gasteiger partial charge in [0.1, 0.15) is 46.7 Å². The molecule has 6 aromatic rings. The quantitative estimate of drug-likeness (QED) is 0.0727. The highest BCUT2D eigenvalue weighted by atomic mass is 16.6. The minimum Gasteiger partial charge on any atom is -0.507 e. The predicted octanol–water partition coefficient (Wildman–Crippen LogP) is 4.68. The summed E-state index contributed by atoms with van der Waals surface area (Å²) in [7, 11) is 0. The first-order chi connectivity index (χ1) is 32.0. The Kier molecular flexibility index (Phi) is 11.0. The standard InChI is InChI=1S/C46H38O22/c1-14-35(57)21(44-22(36(14)58)12-34(42(68-44)16-4-27(51)38(60)28(52)5-16)66-46(64)18-8-31(55)40(62)32(56)9-18)10-19-23(47)13-24(48)20-11-33(65-45(63)17-6-29(53)39(61)30(54)7-17)41(67-43(19)20)15-2-25(49)37(59)26(50)3-15/h2-9,13,33-34,41-42,47-62H,10-12H2,1H3/t33-,34-,41-,42-/m1/s1. The van der Waals surface area contributed by atoms with Crippen LogP contribution in [0.25, 0.3) is 0 Å². The summed E-state index contributed by atoms with van der Waals surface area (Å²) in [4.78, 5) is 27.0. The van der Waals surface area contributed by atoms with E-state index in [1.807, 2.05) is 0 Å². The van der Waals surface area contributed by atoms with Crippen molar-refractivity contribution < 1.29 is 110 Å². The zero-order valence-electron chi connectivity index (χ0n) is 34.7. The number of aromatic hydroxyl groups is 16. The molecule has 2 aliphatic heterocycles. The average molecular weight is 943 g/mol. The molecule has 0 amide bonds. The molecule has 0 aromatic heterocycles. The van der Waals surface area contributed by atoms with Gasteiger partial charge in [-0.3, -0.25) is 0 Å². The fourth-order valence-corrected chi connectivity index (χ4v) is 8.09. The molecule has 0 radical (unpaired) electrons. The van der Waals surface area contributed by atoms with Crippen LogP contribution in [-0.4, -0.2) is 106 Å². The zero-order valence-corrected chi connectivity index (χ0v) is 34.7. The van der Waals surface area contributed by atoms with E-state index in [1.54, 1.807) is 0 Å². The van der Waals surface area contributed by atoms with Crippen LogP contribution in [0.4, 0.5) is 0 Å². The lowest BCUT2D eigenvalue weighted by Gasteiger charge is -2.37. The van der Waals surface area contributed by atoms with Crippen molar-refractivity contribution in [1.82, 2.24) is 0 Å². The maximum Gasteiger partial charge on any atom is 0.338 e. The van der Waals surface area contributed by atoms with Crippen LogP contribution >= 0.6 is 0 Å². The van der Waals surface area contributed by atoms with Gasteiger partial charge in [0, 0.05) is 64.3 Å². The summed E-state index contributed by atoms with van der Waals surface area (Å²) in [6, 6.07) is 7.80. The number of benzene rings is 6. The Balaban J connectivity index is 1.24. The first-order valence-electron chi connectivity index (χ1n) is 19.9. The van der Waals surface area contributed by atoms with Gasteiger partial charge in [-0.2, -0.15) is 0 Å². The number of hydrogen-bond acceptors (Lipinski definition) is 22. The highest BCUT2D eigenvalue weighted by Gasteiger charge is 2.42. The van der Waals surface area contributed by atoms with Crippen LogP contribution in [0.2, 0.25) is 0 Å². The molecule has 22 heteroatoms. The number of carbonyl (C=O) groups excluding carboxylic acids is 2. The predicted molar refractivity (Wildman–Crippen MR) is 225 cm³/mol. The molecule has 22 nitrogen and oxygen atoms in total. The van der Waals surface area contributed by atoms with E-state index in [0.717, 1.165) is 54.6 Å². The van der Waals surface area contributed by atoms with Crippen LogP contribution in [0.3, 0.4) is 0 Å². The largest absolute Gasteiger partial charge is 0.507 e. The monoisotopic (exact) mass is 942 g/mol. The molecule has 0 saturated carbocycles. The van der Waals surface area contributed by atoms with Crippen molar-refractivity contribution in [2.75, 3.05) is 0 Å². The minimum absolute atomic E-state index is 0.118. The molecule has 16 N–H and O–H groups in total. The number of ether oxygens (including phenoxy) is 4. The molecule has 68 heavy (non-hydrogen) atoms. The fraction of sp³-hybridized carbons (Fsp3) is 0.174. The molecule has 0 aliphatic carbocycles. The van der Waals surface area contributed by atoms with Crippen molar-refractivity contribution in [2.45, 2.75) is 50.6 Å². The summed E-state index contributed by atoms with van der Waals surface area (Å²) in [5.74, 6) is -16.3. The molecule has 2 aliphatic rings. The molecule has 0 saturated heterocycles. The fourth-order valence-electron chi connectivity index (χ4n) is 8.09. The van der Waals surface area contributed by atoms with E-state index in [-0.39, 0.29) is 50.4 Å². The van der Waals surface area contributed by atoms with Gasteiger partial charge in [0.05, 0.1) is 11.1 Å². The van der Waals surface area contributed by atoms with Crippen LogP contribution in [-0.2, 0) is 28.7 Å². The first kappa shape index (κ1) is 45.2. The molecule has 8 rings (SSSR count). The third kappa shape index (κ3) is 7.73. The molecule has 0 unspecified atom stereocenters. The molecule has 0 bridgehead atoms. The Morgan fingerprint density at radius 2 is 0.794 bits per heavy atom. The van der Waals surface area contributed by atoms with Crippen molar-refractivity contribution in [2.24, 2.45) is 0 Å². The van der Waals surface area contributed by atoms with Crippen LogP contribution in [0.1, 0.15) is 71.9 Å². The number of rotatable bonds is 8. The van der Waals surface area contributed by atoms with Gasteiger partial charge in [-0.25, -0.2) is 9.59 Å². The van der Waals surface area contributed by atoms with Crippen molar-refractivity contribution in [1.29, 1.82) is 0 Å². The van der Waals surface area contributed by atoms with Crippen LogP contribution in [0, 0.1) is 6.92 Å². The molecule has 2 heterocycles. The summed E-state index contributed by atoms with van der Waals surface area (Å²) in [5, 5.41) is 168. The van der Waals surface area contributed by atoms with Gasteiger partial charge in [-0.1, -0.05) is 0 Å². The van der Waals surface area contributed by atoms with E-state index in [2.05, 4.69) is 0 Å². The van der Waals surface area contributed by atoms with Gasteiger partial charge < -0.3 is 101 Å². The number of esters is 2. The van der Waals surface area contributed by atoms with Gasteiger partial charge in [-0.15, -0.1) is 0 Å². The Bertz CT molecular complexity index is 3010. The summed E-state index contributed by atoms with van der Waals surface area (Å²) in [5.41, 5.74) is -2.08. The number of fused-ring (bicyclic) bond motifs is 2. The lowest BCUT2D eigenvalue weighted by Crippen LogP contribution is -2.35. The average Bonchev–Trinajstić information content (AvgIpc) is 3.29. The summed E-state index contributed by atoms with van der Waals surface area (Å²) in [6.07, 6.45) is -7.77. The maximum absolute atomic E-state index is 13.5. The second-order valence-corrected chi connectivity index (χ2v) is 15.9. The van der Waals surface area contributed by atoms with Gasteiger partial charge in [0.25, 0.3) is 0 Å². The van der Waals surface area contributed by atoms with Gasteiger partial charge in [0.15, 0.2) is 81.2 Å². The van der Waals surface area contributed by atoms with Gasteiger partial charge in [0.2, 0.25) is 0 Å². The van der Waals surface area contributed by atoms with E-state index in [4.69, 9.17) is 18.9 Å². The van der Waals surface area contributed by atoms with Gasteiger partial charge >= 0.3 is 11.9 Å². The first-order valence-corrected chi connectivity index (χ1v) is 19.9. The molecule has 6 aromatic carbocycles. The van der Waals surface area contributed by atoms with E-state index in [9.17, 15) is 91.3 Å². The second-order valence-electron chi connectivity index (χ2n) is 15.9. The van der Waals surface area contributed by atoms with Crippen molar-refractivity contribution in [3.05, 3.63) is 105 Å². The molecule has 354 valence electrons. The summed E-state index contributed by atoms with van der Waals surface area (Å²) < 4.78 is 24.2. The summed E-state index contributed by atoms with van der Waals surface area (Å²) in [6.45, 7) is 1.30. The number of phenolic OH excluding ortho intramolecular Hbond substituents is 16. The highest BCUT2D eigenvalue weighted by Crippen LogP contribution is 2.54. The van der Waals surface area contributed by atoms with Crippen LogP contribution in [0.5, 0.6) is 103 Å². The van der Waals surface area contributed by atoms with E-state index >= 15 is 0 Å². The molecule has 0 spiro atoms. The van der Waals surface area contributed by atoms with Crippen LogP contribution < -0.4 is 9.47 Å². The normalized spacial score (nSPS) is 17.2. The lowest BCUT2D eigenvalue weighted by atomic mass is 9.86. The van der Waals surface area contributed by atoms with E-state index in [0.29, 0.717) is 0 Å². The summed E-state index contributed by atoms with van der Waals surface area (Å²) >= 11 is 0. The minimum atomic E-state index is -1.59. The Hall–Kier alpha value is -9.34. The highest BCUT2D eigenvalue weighted by molar-refractivity contribution is 5.92. The number of carbonyl (C=O) groups is 2. The Morgan fingerprint density at radius 3 is 1.19 bits per heavy atom. The number of hydrogen-bond donors (Lipinski definition) is 16. The SMILES string of the molecule is Cc1c(O)c(Cc2c(O)cc(O)c3c2O[C@H](c2cc(O)c(O)c(O)c2)[C@H](OC(=O)c2cc(O)c(O)c(O)c2)C3)c2c(c1O)C[C@@H](OC(=O)c1cc(O)c(O)c(O)c1)[C@@H](c1cc(O)c(O)c(O)c1)O2. The van der Waals surface area contributed by atoms with Crippen molar-refractivity contribution >= 4 is 11.9 Å². The van der Waals surface area contributed by atoms with Crippen molar-refractivity contribution in [3.63, 3.8) is 0 Å². The number of phenols is 16. The topological polar surface area (TPSA) is 395 Å². The Morgan fingerprint density at radius 1 is 0.441 bits per heavy atom. The van der Waals surface area contributed by atoms with Crippen molar-refractivity contribution in [3.8, 4) is 103 Å². The van der Waals surface area contributed by atoms with E-state index in [1.165, 1.54) is 6.92 Å². The molecule has 0 fully saturated rings. The third-order valence-electron chi connectivity index (χ3n) is 11.6. The smallest absolute Gasteiger partial charge is 0.338 e.